The van der Waals surface area contributed by atoms with Crippen molar-refractivity contribution in [1.29, 1.82) is 0 Å². The fraction of sp³-hybridized carbons (Fsp3) is 0.316. The van der Waals surface area contributed by atoms with Crippen molar-refractivity contribution in [2.75, 3.05) is 20.3 Å². The van der Waals surface area contributed by atoms with Crippen LogP contribution in [0.4, 0.5) is 0 Å². The Hall–Kier alpha value is -2.04. The molecule has 128 valence electrons. The molecule has 1 unspecified atom stereocenters. The van der Waals surface area contributed by atoms with Gasteiger partial charge in [0.25, 0.3) is 5.91 Å². The summed E-state index contributed by atoms with van der Waals surface area (Å²) in [5.74, 6) is 0.299. The van der Waals surface area contributed by atoms with E-state index in [0.29, 0.717) is 17.4 Å². The zero-order valence-electron chi connectivity index (χ0n) is 13.9. The van der Waals surface area contributed by atoms with Gasteiger partial charge in [0, 0.05) is 7.11 Å². The minimum absolute atomic E-state index is 0.0120. The second-order valence-corrected chi connectivity index (χ2v) is 5.84. The van der Waals surface area contributed by atoms with Crippen LogP contribution >= 0.6 is 11.6 Å². The van der Waals surface area contributed by atoms with Crippen LogP contribution in [0.1, 0.15) is 13.3 Å². The van der Waals surface area contributed by atoms with Crippen molar-refractivity contribution < 1.29 is 14.3 Å². The normalized spacial score (nSPS) is 11.8. The summed E-state index contributed by atoms with van der Waals surface area (Å²) in [6.07, 6.45) is 0.798. The predicted octanol–water partition coefficient (Wildman–Crippen LogP) is 3.93. The number of amides is 1. The lowest BCUT2D eigenvalue weighted by molar-refractivity contribution is -0.124. The van der Waals surface area contributed by atoms with Gasteiger partial charge in [-0.3, -0.25) is 4.79 Å². The summed E-state index contributed by atoms with van der Waals surface area (Å²) in [6.45, 7) is 2.39. The van der Waals surface area contributed by atoms with Gasteiger partial charge in [-0.2, -0.15) is 0 Å². The smallest absolute Gasteiger partial charge is 0.258 e. The van der Waals surface area contributed by atoms with Crippen molar-refractivity contribution in [1.82, 2.24) is 5.32 Å². The lowest BCUT2D eigenvalue weighted by Crippen LogP contribution is -2.40. The quantitative estimate of drug-likeness (QED) is 0.787. The minimum atomic E-state index is -0.192. The van der Waals surface area contributed by atoms with Crippen LogP contribution in [0.3, 0.4) is 0 Å². The molecule has 0 bridgehead atoms. The highest BCUT2D eigenvalue weighted by Gasteiger charge is 2.12. The zero-order chi connectivity index (χ0) is 17.4. The number of methoxy groups -OCH3 is 1. The molecule has 1 N–H and O–H groups in total. The van der Waals surface area contributed by atoms with E-state index in [9.17, 15) is 4.79 Å². The number of nitrogens with one attached hydrogen (secondary N) is 1. The predicted molar refractivity (Wildman–Crippen MR) is 96.5 cm³/mol. The molecule has 0 fully saturated rings. The van der Waals surface area contributed by atoms with E-state index in [4.69, 9.17) is 21.1 Å². The van der Waals surface area contributed by atoms with E-state index in [0.717, 1.165) is 17.5 Å². The maximum absolute atomic E-state index is 11.9. The maximum atomic E-state index is 11.9. The first-order chi connectivity index (χ1) is 11.6. The van der Waals surface area contributed by atoms with Crippen molar-refractivity contribution in [3.05, 3.63) is 53.6 Å². The number of halogens is 1. The van der Waals surface area contributed by atoms with Gasteiger partial charge in [0.1, 0.15) is 5.75 Å². The van der Waals surface area contributed by atoms with E-state index in [1.165, 1.54) is 0 Å². The van der Waals surface area contributed by atoms with E-state index in [1.807, 2.05) is 49.4 Å². The molecule has 0 aliphatic heterocycles. The first kappa shape index (κ1) is 18.3. The van der Waals surface area contributed by atoms with Gasteiger partial charge in [0.2, 0.25) is 0 Å². The number of carbonyl (C=O) groups is 1. The van der Waals surface area contributed by atoms with Gasteiger partial charge in [-0.05, 0) is 29.7 Å². The molecule has 0 aliphatic carbocycles. The highest BCUT2D eigenvalue weighted by Crippen LogP contribution is 2.30. The highest BCUT2D eigenvalue weighted by atomic mass is 35.5. The Morgan fingerprint density at radius 3 is 2.54 bits per heavy atom. The summed E-state index contributed by atoms with van der Waals surface area (Å²) < 4.78 is 10.6. The van der Waals surface area contributed by atoms with Gasteiger partial charge < -0.3 is 14.8 Å². The molecule has 0 saturated carbocycles. The van der Waals surface area contributed by atoms with E-state index >= 15 is 0 Å². The van der Waals surface area contributed by atoms with Crippen LogP contribution < -0.4 is 10.1 Å². The van der Waals surface area contributed by atoms with Crippen molar-refractivity contribution in [3.63, 3.8) is 0 Å². The Kier molecular flexibility index (Phi) is 7.09. The van der Waals surface area contributed by atoms with E-state index in [1.54, 1.807) is 13.2 Å². The van der Waals surface area contributed by atoms with Crippen LogP contribution in [-0.2, 0) is 9.53 Å². The molecular weight excluding hydrogens is 326 g/mol. The van der Waals surface area contributed by atoms with Crippen LogP contribution in [0.25, 0.3) is 11.1 Å². The van der Waals surface area contributed by atoms with E-state index in [2.05, 4.69) is 5.32 Å². The molecule has 1 atom stereocenters. The average molecular weight is 348 g/mol. The average Bonchev–Trinajstić information content (AvgIpc) is 2.61. The van der Waals surface area contributed by atoms with Gasteiger partial charge in [-0.15, -0.1) is 0 Å². The summed E-state index contributed by atoms with van der Waals surface area (Å²) >= 11 is 6.27. The molecule has 0 aliphatic rings. The fourth-order valence-corrected chi connectivity index (χ4v) is 2.54. The van der Waals surface area contributed by atoms with Crippen molar-refractivity contribution >= 4 is 17.5 Å². The summed E-state index contributed by atoms with van der Waals surface area (Å²) in [5, 5.41) is 3.34. The Labute approximate surface area is 147 Å². The third-order valence-electron chi connectivity index (χ3n) is 3.62. The monoisotopic (exact) mass is 347 g/mol. The summed E-state index contributed by atoms with van der Waals surface area (Å²) in [5.41, 5.74) is 2.08. The first-order valence-electron chi connectivity index (χ1n) is 7.90. The molecule has 2 rings (SSSR count). The third-order valence-corrected chi connectivity index (χ3v) is 3.92. The van der Waals surface area contributed by atoms with Crippen LogP contribution in [0, 0.1) is 0 Å². The third kappa shape index (κ3) is 5.25. The van der Waals surface area contributed by atoms with Gasteiger partial charge >= 0.3 is 0 Å². The molecule has 24 heavy (non-hydrogen) atoms. The number of rotatable bonds is 8. The highest BCUT2D eigenvalue weighted by molar-refractivity contribution is 6.32. The SMILES string of the molecule is CCC(COC)NC(=O)COc1ccc(-c2ccccc2)cc1Cl. The lowest BCUT2D eigenvalue weighted by Gasteiger charge is -2.16. The minimum Gasteiger partial charge on any atom is -0.482 e. The number of ether oxygens (including phenoxy) is 2. The Balaban J connectivity index is 1.95. The van der Waals surface area contributed by atoms with E-state index in [-0.39, 0.29) is 18.6 Å². The number of hydrogen-bond donors (Lipinski definition) is 1. The van der Waals surface area contributed by atoms with Gasteiger partial charge in [0.05, 0.1) is 17.7 Å². The molecule has 0 spiro atoms. The topological polar surface area (TPSA) is 47.6 Å². The largest absolute Gasteiger partial charge is 0.482 e. The summed E-state index contributed by atoms with van der Waals surface area (Å²) in [6, 6.07) is 15.5. The van der Waals surface area contributed by atoms with Crippen LogP contribution in [0.5, 0.6) is 5.75 Å². The van der Waals surface area contributed by atoms with E-state index < -0.39 is 0 Å². The molecule has 0 heterocycles. The maximum Gasteiger partial charge on any atom is 0.258 e. The molecule has 0 radical (unpaired) electrons. The lowest BCUT2D eigenvalue weighted by atomic mass is 10.1. The Morgan fingerprint density at radius 2 is 1.92 bits per heavy atom. The molecule has 0 aromatic heterocycles. The van der Waals surface area contributed by atoms with Crippen molar-refractivity contribution in [2.24, 2.45) is 0 Å². The zero-order valence-corrected chi connectivity index (χ0v) is 14.7. The summed E-state index contributed by atoms with van der Waals surface area (Å²) in [4.78, 5) is 11.9. The van der Waals surface area contributed by atoms with Gasteiger partial charge in [0.15, 0.2) is 6.61 Å². The standard InChI is InChI=1S/C19H22ClNO3/c1-3-16(12-23-2)21-19(22)13-24-18-10-9-15(11-17(18)20)14-7-5-4-6-8-14/h4-11,16H,3,12-13H2,1-2H3,(H,21,22). The second kappa shape index (κ2) is 9.30. The van der Waals surface area contributed by atoms with Crippen LogP contribution in [0.2, 0.25) is 5.02 Å². The molecule has 1 amide bonds. The molecule has 2 aromatic carbocycles. The van der Waals surface area contributed by atoms with Crippen LogP contribution in [0.15, 0.2) is 48.5 Å². The molecule has 5 heteroatoms. The first-order valence-corrected chi connectivity index (χ1v) is 8.28. The van der Waals surface area contributed by atoms with Crippen molar-refractivity contribution in [3.8, 4) is 16.9 Å². The molecule has 4 nitrogen and oxygen atoms in total. The number of carbonyl (C=O) groups excluding carboxylic acids is 1. The number of hydrogen-bond acceptors (Lipinski definition) is 3. The second-order valence-electron chi connectivity index (χ2n) is 5.43. The molecular formula is C19H22ClNO3. The fourth-order valence-electron chi connectivity index (χ4n) is 2.30. The van der Waals surface area contributed by atoms with Gasteiger partial charge in [-0.1, -0.05) is 54.9 Å². The van der Waals surface area contributed by atoms with Gasteiger partial charge in [-0.25, -0.2) is 0 Å². The Morgan fingerprint density at radius 1 is 1.17 bits per heavy atom. The number of benzene rings is 2. The molecule has 2 aromatic rings. The van der Waals surface area contributed by atoms with Crippen molar-refractivity contribution in [2.45, 2.75) is 19.4 Å². The summed E-state index contributed by atoms with van der Waals surface area (Å²) in [7, 11) is 1.61. The Bertz CT molecular complexity index is 661. The van der Waals surface area contributed by atoms with Crippen LogP contribution in [-0.4, -0.2) is 32.3 Å². The molecule has 0 saturated heterocycles.